The third kappa shape index (κ3) is 4.92. The third-order valence-electron chi connectivity index (χ3n) is 7.30. The summed E-state index contributed by atoms with van der Waals surface area (Å²) in [6.45, 7) is 0. The van der Waals surface area contributed by atoms with E-state index >= 15 is 0 Å². The molecule has 3 aromatic carbocycles. The standard InChI is InChI=1S/C31H31N3O4/c1-33(2)23-14-12-20(13-15-23)22-18-25-30(27(35)19-22)31(21-8-4-3-5-9-21)34(28(36)16-17-29(37)38)26-11-7-6-10-24(26)32-25/h3-15,22,31-32H,16-19H2,1-2H3,(H,37,38)/p-1/t22-,31+/m1/s1. The van der Waals surface area contributed by atoms with Crippen LogP contribution in [0.15, 0.2) is 90.1 Å². The average Bonchev–Trinajstić information content (AvgIpc) is 3.07. The molecule has 1 N–H and O–H groups in total. The number of aliphatic carboxylic acids is 1. The Bertz CT molecular complexity index is 1400. The zero-order chi connectivity index (χ0) is 26.8. The predicted octanol–water partition coefficient (Wildman–Crippen LogP) is 4.18. The lowest BCUT2D eigenvalue weighted by molar-refractivity contribution is -0.305. The van der Waals surface area contributed by atoms with Crippen LogP contribution in [0.4, 0.5) is 17.1 Å². The number of Topliss-reactive ketones (excluding diaryl/α,β-unsaturated/α-hetero) is 1. The summed E-state index contributed by atoms with van der Waals surface area (Å²) in [5.74, 6) is -1.69. The Kier molecular flexibility index (Phi) is 7.01. The number of carboxylic acid groups (broad SMARTS) is 1. The monoisotopic (exact) mass is 508 g/mol. The number of anilines is 3. The normalized spacial score (nSPS) is 18.7. The molecule has 0 radical (unpaired) electrons. The Balaban J connectivity index is 1.62. The molecule has 2 aliphatic rings. The van der Waals surface area contributed by atoms with Gasteiger partial charge in [0.05, 0.1) is 17.4 Å². The van der Waals surface area contributed by atoms with E-state index in [0.717, 1.165) is 22.5 Å². The highest BCUT2D eigenvalue weighted by atomic mass is 16.4. The predicted molar refractivity (Wildman–Crippen MR) is 146 cm³/mol. The minimum Gasteiger partial charge on any atom is -0.550 e. The zero-order valence-corrected chi connectivity index (χ0v) is 21.5. The molecule has 0 bridgehead atoms. The van der Waals surface area contributed by atoms with E-state index in [-0.39, 0.29) is 24.0 Å². The third-order valence-corrected chi connectivity index (χ3v) is 7.30. The summed E-state index contributed by atoms with van der Waals surface area (Å²) < 4.78 is 0. The van der Waals surface area contributed by atoms with Gasteiger partial charge in [0.15, 0.2) is 5.78 Å². The van der Waals surface area contributed by atoms with E-state index in [9.17, 15) is 19.5 Å². The van der Waals surface area contributed by atoms with Crippen LogP contribution in [-0.2, 0) is 14.4 Å². The fourth-order valence-electron chi connectivity index (χ4n) is 5.43. The number of amides is 1. The fraction of sp³-hybridized carbons (Fsp3) is 0.258. The molecule has 2 atom stereocenters. The first-order valence-corrected chi connectivity index (χ1v) is 12.8. The SMILES string of the molecule is CN(C)c1ccc([C@H]2CC(=O)C3=C(C2)Nc2ccccc2N(C(=O)CCC(=O)[O-])[C@H]3c2ccccc2)cc1. The molecule has 3 aromatic rings. The average molecular weight is 509 g/mol. The number of fused-ring (bicyclic) bond motifs is 1. The van der Waals surface area contributed by atoms with Crippen molar-refractivity contribution in [2.75, 3.05) is 29.2 Å². The molecule has 1 aliphatic carbocycles. The number of hydrogen-bond donors (Lipinski definition) is 1. The second-order valence-corrected chi connectivity index (χ2v) is 10.00. The molecule has 194 valence electrons. The molecule has 0 unspecified atom stereocenters. The molecular formula is C31H30N3O4-. The van der Waals surface area contributed by atoms with Crippen molar-refractivity contribution >= 4 is 34.7 Å². The molecule has 5 rings (SSSR count). The minimum absolute atomic E-state index is 0.00566. The maximum atomic E-state index is 14.0. The van der Waals surface area contributed by atoms with Gasteiger partial charge in [-0.3, -0.25) is 14.5 Å². The Morgan fingerprint density at radius 3 is 2.26 bits per heavy atom. The van der Waals surface area contributed by atoms with Crippen molar-refractivity contribution in [2.45, 2.75) is 37.6 Å². The highest BCUT2D eigenvalue weighted by Gasteiger charge is 2.41. The molecule has 38 heavy (non-hydrogen) atoms. The van der Waals surface area contributed by atoms with Crippen molar-refractivity contribution in [1.82, 2.24) is 0 Å². The molecule has 7 nitrogen and oxygen atoms in total. The summed E-state index contributed by atoms with van der Waals surface area (Å²) in [6, 6.07) is 24.5. The van der Waals surface area contributed by atoms with Gasteiger partial charge in [0.25, 0.3) is 0 Å². The van der Waals surface area contributed by atoms with Crippen molar-refractivity contribution in [1.29, 1.82) is 0 Å². The molecule has 0 saturated heterocycles. The van der Waals surface area contributed by atoms with Crippen LogP contribution in [0.25, 0.3) is 0 Å². The van der Waals surface area contributed by atoms with Crippen LogP contribution in [0.2, 0.25) is 0 Å². The van der Waals surface area contributed by atoms with E-state index in [0.29, 0.717) is 29.8 Å². The van der Waals surface area contributed by atoms with Crippen LogP contribution in [0, 0.1) is 0 Å². The van der Waals surface area contributed by atoms with Gasteiger partial charge in [0.2, 0.25) is 5.91 Å². The van der Waals surface area contributed by atoms with E-state index in [1.807, 2.05) is 73.6 Å². The van der Waals surface area contributed by atoms with Gasteiger partial charge in [-0.2, -0.15) is 0 Å². The number of carbonyl (C=O) groups excluding carboxylic acids is 3. The number of para-hydroxylation sites is 2. The maximum Gasteiger partial charge on any atom is 0.228 e. The molecular weight excluding hydrogens is 478 g/mol. The van der Waals surface area contributed by atoms with Crippen molar-refractivity contribution in [3.05, 3.63) is 101 Å². The van der Waals surface area contributed by atoms with Gasteiger partial charge in [-0.15, -0.1) is 0 Å². The van der Waals surface area contributed by atoms with Crippen LogP contribution in [0.5, 0.6) is 0 Å². The number of ketones is 1. The van der Waals surface area contributed by atoms with Gasteiger partial charge in [-0.1, -0.05) is 54.6 Å². The number of carbonyl (C=O) groups is 3. The lowest BCUT2D eigenvalue weighted by Crippen LogP contribution is -2.39. The molecule has 1 heterocycles. The van der Waals surface area contributed by atoms with Crippen molar-refractivity contribution in [3.63, 3.8) is 0 Å². The molecule has 0 aromatic heterocycles. The number of allylic oxidation sites excluding steroid dienone is 1. The molecule has 1 aliphatic heterocycles. The maximum absolute atomic E-state index is 14.0. The zero-order valence-electron chi connectivity index (χ0n) is 21.5. The Morgan fingerprint density at radius 2 is 1.58 bits per heavy atom. The lowest BCUT2D eigenvalue weighted by atomic mass is 9.78. The second kappa shape index (κ2) is 10.5. The van der Waals surface area contributed by atoms with E-state index in [1.165, 1.54) is 0 Å². The molecule has 0 saturated carbocycles. The van der Waals surface area contributed by atoms with Crippen LogP contribution in [-0.4, -0.2) is 31.8 Å². The molecule has 0 spiro atoms. The fourth-order valence-corrected chi connectivity index (χ4v) is 5.43. The summed E-state index contributed by atoms with van der Waals surface area (Å²) in [6.07, 6.45) is 0.318. The largest absolute Gasteiger partial charge is 0.550 e. The quantitative estimate of drug-likeness (QED) is 0.537. The summed E-state index contributed by atoms with van der Waals surface area (Å²) in [5, 5.41) is 14.7. The molecule has 0 fully saturated rings. The van der Waals surface area contributed by atoms with E-state index in [1.54, 1.807) is 4.90 Å². The minimum atomic E-state index is -1.28. The Hall–Kier alpha value is -4.39. The summed E-state index contributed by atoms with van der Waals surface area (Å²) >= 11 is 0. The second-order valence-electron chi connectivity index (χ2n) is 10.00. The van der Waals surface area contributed by atoms with Crippen molar-refractivity contribution in [3.8, 4) is 0 Å². The highest BCUT2D eigenvalue weighted by molar-refractivity contribution is 6.06. The van der Waals surface area contributed by atoms with Gasteiger partial charge in [0.1, 0.15) is 0 Å². The number of hydrogen-bond acceptors (Lipinski definition) is 6. The van der Waals surface area contributed by atoms with E-state index in [4.69, 9.17) is 0 Å². The molecule has 7 heteroatoms. The smallest absolute Gasteiger partial charge is 0.228 e. The topological polar surface area (TPSA) is 92.8 Å². The van der Waals surface area contributed by atoms with Crippen molar-refractivity contribution < 1.29 is 19.5 Å². The first-order chi connectivity index (χ1) is 18.3. The Labute approximate surface area is 222 Å². The Morgan fingerprint density at radius 1 is 0.895 bits per heavy atom. The van der Waals surface area contributed by atoms with Crippen LogP contribution >= 0.6 is 0 Å². The van der Waals surface area contributed by atoms with Gasteiger partial charge in [0, 0.05) is 49.9 Å². The molecule has 1 amide bonds. The van der Waals surface area contributed by atoms with Gasteiger partial charge >= 0.3 is 0 Å². The summed E-state index contributed by atoms with van der Waals surface area (Å²) in [7, 11) is 3.99. The number of nitrogens with one attached hydrogen (secondary N) is 1. The number of nitrogens with zero attached hydrogens (tertiary/aromatic N) is 2. The summed E-state index contributed by atoms with van der Waals surface area (Å²) in [5.41, 5.74) is 5.63. The van der Waals surface area contributed by atoms with Crippen LogP contribution < -0.4 is 20.2 Å². The van der Waals surface area contributed by atoms with Crippen LogP contribution in [0.1, 0.15) is 48.8 Å². The lowest BCUT2D eigenvalue weighted by Gasteiger charge is -2.35. The van der Waals surface area contributed by atoms with Crippen molar-refractivity contribution in [2.24, 2.45) is 0 Å². The first kappa shape index (κ1) is 25.3. The number of benzene rings is 3. The van der Waals surface area contributed by atoms with Crippen LogP contribution in [0.3, 0.4) is 0 Å². The summed E-state index contributed by atoms with van der Waals surface area (Å²) in [4.78, 5) is 42.4. The number of carboxylic acids is 1. The highest BCUT2D eigenvalue weighted by Crippen LogP contribution is 2.47. The van der Waals surface area contributed by atoms with E-state index in [2.05, 4.69) is 29.6 Å². The van der Waals surface area contributed by atoms with Gasteiger partial charge in [-0.05, 0) is 54.2 Å². The number of rotatable bonds is 6. The first-order valence-electron chi connectivity index (χ1n) is 12.8. The van der Waals surface area contributed by atoms with Gasteiger partial charge < -0.3 is 20.1 Å². The van der Waals surface area contributed by atoms with E-state index < -0.39 is 18.4 Å². The van der Waals surface area contributed by atoms with Gasteiger partial charge in [-0.25, -0.2) is 0 Å².